The molecule has 0 spiro atoms. The van der Waals surface area contributed by atoms with E-state index in [4.69, 9.17) is 18.0 Å². The van der Waals surface area contributed by atoms with E-state index in [9.17, 15) is 13.2 Å². The van der Waals surface area contributed by atoms with Gasteiger partial charge in [-0.3, -0.25) is 4.79 Å². The molecule has 0 aliphatic heterocycles. The van der Waals surface area contributed by atoms with Gasteiger partial charge in [-0.2, -0.15) is 0 Å². The maximum Gasteiger partial charge on any atom is 0.241 e. The van der Waals surface area contributed by atoms with Gasteiger partial charge in [0.25, 0.3) is 0 Å². The molecule has 0 saturated heterocycles. The van der Waals surface area contributed by atoms with E-state index in [0.717, 1.165) is 0 Å². The average Bonchev–Trinajstić information content (AvgIpc) is 2.46. The third-order valence-electron chi connectivity index (χ3n) is 2.97. The van der Waals surface area contributed by atoms with Crippen molar-refractivity contribution in [3.63, 3.8) is 0 Å². The predicted octanol–water partition coefficient (Wildman–Crippen LogP) is 0.467. The van der Waals surface area contributed by atoms with E-state index >= 15 is 0 Å². The Morgan fingerprint density at radius 3 is 2.38 bits per heavy atom. The first kappa shape index (κ1) is 17.5. The zero-order valence-corrected chi connectivity index (χ0v) is 13.6. The zero-order valence-electron chi connectivity index (χ0n) is 12.0. The van der Waals surface area contributed by atoms with Gasteiger partial charge in [-0.15, -0.1) is 0 Å². The fraction of sp³-hybridized carbons (Fsp3) is 0.385. The quantitative estimate of drug-likeness (QED) is 0.709. The summed E-state index contributed by atoms with van der Waals surface area (Å²) in [4.78, 5) is 13.4. The average molecular weight is 329 g/mol. The van der Waals surface area contributed by atoms with Gasteiger partial charge in [0, 0.05) is 18.7 Å². The van der Waals surface area contributed by atoms with Crippen LogP contribution in [0.1, 0.15) is 19.4 Å². The van der Waals surface area contributed by atoms with E-state index in [1.807, 2.05) is 13.8 Å². The minimum absolute atomic E-state index is 0.00829. The Labute approximate surface area is 130 Å². The van der Waals surface area contributed by atoms with Gasteiger partial charge in [0.1, 0.15) is 4.99 Å². The van der Waals surface area contributed by atoms with Crippen LogP contribution in [-0.4, -0.2) is 43.8 Å². The summed E-state index contributed by atoms with van der Waals surface area (Å²) in [6.45, 7) is 4.42. The van der Waals surface area contributed by atoms with Crippen molar-refractivity contribution in [2.75, 3.05) is 19.6 Å². The second kappa shape index (κ2) is 7.48. The van der Waals surface area contributed by atoms with Crippen molar-refractivity contribution < 1.29 is 13.2 Å². The van der Waals surface area contributed by atoms with Crippen molar-refractivity contribution in [3.8, 4) is 0 Å². The maximum absolute atomic E-state index is 12.3. The number of nitrogens with two attached hydrogens (primary N) is 1. The van der Waals surface area contributed by atoms with Gasteiger partial charge in [0.05, 0.1) is 11.4 Å². The third-order valence-corrected chi connectivity index (χ3v) is 4.65. The molecule has 0 radical (unpaired) electrons. The maximum atomic E-state index is 12.3. The Hall–Kier alpha value is -1.51. The van der Waals surface area contributed by atoms with Crippen LogP contribution < -0.4 is 10.5 Å². The number of nitrogens with one attached hydrogen (secondary N) is 1. The molecule has 6 nitrogen and oxygen atoms in total. The van der Waals surface area contributed by atoms with Crippen LogP contribution in [0, 0.1) is 0 Å². The van der Waals surface area contributed by atoms with Crippen LogP contribution in [0.25, 0.3) is 0 Å². The van der Waals surface area contributed by atoms with Gasteiger partial charge in [0.15, 0.2) is 0 Å². The molecule has 0 fully saturated rings. The minimum Gasteiger partial charge on any atom is -0.389 e. The molecule has 3 N–H and O–H groups in total. The molecule has 0 heterocycles. The zero-order chi connectivity index (χ0) is 16.0. The molecule has 116 valence electrons. The summed E-state index contributed by atoms with van der Waals surface area (Å²) in [7, 11) is -3.85. The summed E-state index contributed by atoms with van der Waals surface area (Å²) in [5.41, 5.74) is 5.78. The number of carbonyl (C=O) groups excluding carboxylic acids is 1. The number of hydrogen-bond acceptors (Lipinski definition) is 4. The van der Waals surface area contributed by atoms with Crippen molar-refractivity contribution in [2.45, 2.75) is 18.7 Å². The molecule has 1 amide bonds. The number of amides is 1. The van der Waals surface area contributed by atoms with Crippen molar-refractivity contribution >= 4 is 33.1 Å². The highest BCUT2D eigenvalue weighted by Crippen LogP contribution is 2.15. The lowest BCUT2D eigenvalue weighted by Crippen LogP contribution is -2.40. The topological polar surface area (TPSA) is 92.5 Å². The highest BCUT2D eigenvalue weighted by molar-refractivity contribution is 7.89. The first-order valence-corrected chi connectivity index (χ1v) is 8.38. The number of thiocarbonyl (C=S) groups is 1. The van der Waals surface area contributed by atoms with Gasteiger partial charge in [-0.25, -0.2) is 13.1 Å². The fourth-order valence-electron chi connectivity index (χ4n) is 1.83. The van der Waals surface area contributed by atoms with Gasteiger partial charge in [-0.05, 0) is 19.9 Å². The van der Waals surface area contributed by atoms with E-state index in [-0.39, 0.29) is 27.9 Å². The molecule has 1 rings (SSSR count). The number of nitrogens with zero attached hydrogens (tertiary/aromatic N) is 1. The standard InChI is InChI=1S/C13H19N3O3S2/c1-3-16(4-2)12(17)9-15-21(18,19)11-8-6-5-7-10(11)13(14)20/h5-8,15H,3-4,9H2,1-2H3,(H2,14,20). The SMILES string of the molecule is CCN(CC)C(=O)CNS(=O)(=O)c1ccccc1C(N)=S. The van der Waals surface area contributed by atoms with Crippen molar-refractivity contribution in [1.29, 1.82) is 0 Å². The number of benzene rings is 1. The molecule has 0 aliphatic carbocycles. The van der Waals surface area contributed by atoms with Crippen LogP contribution in [0.3, 0.4) is 0 Å². The smallest absolute Gasteiger partial charge is 0.241 e. The summed E-state index contributed by atoms with van der Waals surface area (Å²) >= 11 is 4.84. The molecular formula is C13H19N3O3S2. The lowest BCUT2D eigenvalue weighted by molar-refractivity contribution is -0.129. The first-order chi connectivity index (χ1) is 9.83. The molecule has 8 heteroatoms. The monoisotopic (exact) mass is 329 g/mol. The highest BCUT2D eigenvalue weighted by atomic mass is 32.2. The van der Waals surface area contributed by atoms with E-state index in [2.05, 4.69) is 4.72 Å². The Morgan fingerprint density at radius 2 is 1.86 bits per heavy atom. The van der Waals surface area contributed by atoms with E-state index in [0.29, 0.717) is 13.1 Å². The summed E-state index contributed by atoms with van der Waals surface area (Å²) in [6, 6.07) is 6.15. The Kier molecular flexibility index (Phi) is 6.25. The molecular weight excluding hydrogens is 310 g/mol. The molecule has 0 aromatic heterocycles. The molecule has 0 unspecified atom stereocenters. The number of hydrogen-bond donors (Lipinski definition) is 2. The van der Waals surface area contributed by atoms with E-state index in [1.165, 1.54) is 12.1 Å². The van der Waals surface area contributed by atoms with Crippen LogP contribution in [0.5, 0.6) is 0 Å². The van der Waals surface area contributed by atoms with Crippen molar-refractivity contribution in [1.82, 2.24) is 9.62 Å². The van der Waals surface area contributed by atoms with Crippen LogP contribution in [-0.2, 0) is 14.8 Å². The van der Waals surface area contributed by atoms with Crippen molar-refractivity contribution in [2.24, 2.45) is 5.73 Å². The lowest BCUT2D eigenvalue weighted by atomic mass is 10.2. The number of rotatable bonds is 7. The predicted molar refractivity (Wildman–Crippen MR) is 85.4 cm³/mol. The normalized spacial score (nSPS) is 11.1. The van der Waals surface area contributed by atoms with Crippen LogP contribution in [0.15, 0.2) is 29.2 Å². The lowest BCUT2D eigenvalue weighted by Gasteiger charge is -2.19. The molecule has 0 saturated carbocycles. The number of carbonyl (C=O) groups is 1. The Balaban J connectivity index is 2.93. The van der Waals surface area contributed by atoms with Gasteiger partial charge >= 0.3 is 0 Å². The fourth-order valence-corrected chi connectivity index (χ4v) is 3.26. The Morgan fingerprint density at radius 1 is 1.29 bits per heavy atom. The number of sulfonamides is 1. The summed E-state index contributed by atoms with van der Waals surface area (Å²) in [5.74, 6) is -0.281. The molecule has 0 bridgehead atoms. The van der Waals surface area contributed by atoms with Gasteiger partial charge < -0.3 is 10.6 Å². The largest absolute Gasteiger partial charge is 0.389 e. The Bertz CT molecular complexity index is 625. The summed E-state index contributed by atoms with van der Waals surface area (Å²) in [6.07, 6.45) is 0. The van der Waals surface area contributed by atoms with Gasteiger partial charge in [-0.1, -0.05) is 30.4 Å². The second-order valence-electron chi connectivity index (χ2n) is 4.25. The minimum atomic E-state index is -3.85. The molecule has 0 atom stereocenters. The summed E-state index contributed by atoms with van der Waals surface area (Å²) in [5, 5.41) is 0. The van der Waals surface area contributed by atoms with Crippen LogP contribution in [0.2, 0.25) is 0 Å². The molecule has 1 aromatic rings. The molecule has 1 aromatic carbocycles. The van der Waals surface area contributed by atoms with E-state index in [1.54, 1.807) is 17.0 Å². The summed E-state index contributed by atoms with van der Waals surface area (Å²) < 4.78 is 26.8. The third kappa shape index (κ3) is 4.48. The molecule has 21 heavy (non-hydrogen) atoms. The highest BCUT2D eigenvalue weighted by Gasteiger charge is 2.21. The molecule has 0 aliphatic rings. The van der Waals surface area contributed by atoms with Crippen LogP contribution in [0.4, 0.5) is 0 Å². The van der Waals surface area contributed by atoms with Crippen molar-refractivity contribution in [3.05, 3.63) is 29.8 Å². The van der Waals surface area contributed by atoms with Crippen LogP contribution >= 0.6 is 12.2 Å². The first-order valence-electron chi connectivity index (χ1n) is 6.49. The van der Waals surface area contributed by atoms with E-state index < -0.39 is 10.0 Å². The number of likely N-dealkylation sites (N-methyl/N-ethyl adjacent to an activating group) is 1. The second-order valence-corrected chi connectivity index (χ2v) is 6.43. The van der Waals surface area contributed by atoms with Gasteiger partial charge in [0.2, 0.25) is 15.9 Å².